The minimum absolute atomic E-state index is 0.372. The van der Waals surface area contributed by atoms with Crippen LogP contribution >= 0.6 is 0 Å². The summed E-state index contributed by atoms with van der Waals surface area (Å²) in [5.74, 6) is 1.16. The number of ether oxygens (including phenoxy) is 4. The number of esters is 1. The molecule has 24 heavy (non-hydrogen) atoms. The van der Waals surface area contributed by atoms with E-state index < -0.39 is 5.97 Å². The summed E-state index contributed by atoms with van der Waals surface area (Å²) < 4.78 is 21.8. The molecule has 5 nitrogen and oxygen atoms in total. The van der Waals surface area contributed by atoms with E-state index in [2.05, 4.69) is 0 Å². The number of carbonyl (C=O) groups excluding carboxylic acids is 1. The summed E-state index contributed by atoms with van der Waals surface area (Å²) in [5, 5.41) is 0. The van der Waals surface area contributed by atoms with Gasteiger partial charge in [0.2, 0.25) is 0 Å². The Morgan fingerprint density at radius 3 is 2.33 bits per heavy atom. The van der Waals surface area contributed by atoms with Crippen LogP contribution < -0.4 is 14.2 Å². The topological polar surface area (TPSA) is 54.0 Å². The van der Waals surface area contributed by atoms with Crippen LogP contribution in [0.25, 0.3) is 0 Å². The number of rotatable bonds is 8. The molecule has 0 bridgehead atoms. The standard InChI is InChI=1S/C19H22O5/c1-14-17(22-12-11-21-3)9-10-18(24-15(2)20)19(14)23-13-16-7-5-4-6-8-16/h4-10H,11-13H2,1-3H3. The van der Waals surface area contributed by atoms with Gasteiger partial charge in [-0.1, -0.05) is 30.3 Å². The zero-order chi connectivity index (χ0) is 17.4. The molecule has 0 radical (unpaired) electrons. The van der Waals surface area contributed by atoms with Gasteiger partial charge in [0, 0.05) is 19.6 Å². The molecule has 0 N–H and O–H groups in total. The third-order valence-corrected chi connectivity index (χ3v) is 3.34. The highest BCUT2D eigenvalue weighted by Crippen LogP contribution is 2.37. The quantitative estimate of drug-likeness (QED) is 0.421. The van der Waals surface area contributed by atoms with Gasteiger partial charge in [-0.25, -0.2) is 0 Å². The Kier molecular flexibility index (Phi) is 6.63. The van der Waals surface area contributed by atoms with Gasteiger partial charge in [-0.3, -0.25) is 4.79 Å². The molecule has 2 aromatic rings. The molecule has 0 fully saturated rings. The highest BCUT2D eigenvalue weighted by Gasteiger charge is 2.15. The van der Waals surface area contributed by atoms with Crippen molar-refractivity contribution in [3.05, 3.63) is 53.6 Å². The lowest BCUT2D eigenvalue weighted by molar-refractivity contribution is -0.132. The maximum Gasteiger partial charge on any atom is 0.308 e. The van der Waals surface area contributed by atoms with Crippen molar-refractivity contribution in [3.63, 3.8) is 0 Å². The van der Waals surface area contributed by atoms with E-state index in [4.69, 9.17) is 18.9 Å². The summed E-state index contributed by atoms with van der Waals surface area (Å²) in [6.07, 6.45) is 0. The molecular weight excluding hydrogens is 308 g/mol. The number of methoxy groups -OCH3 is 1. The zero-order valence-electron chi connectivity index (χ0n) is 14.2. The van der Waals surface area contributed by atoms with Gasteiger partial charge in [0.05, 0.1) is 6.61 Å². The van der Waals surface area contributed by atoms with Gasteiger partial charge in [0.25, 0.3) is 0 Å². The largest absolute Gasteiger partial charge is 0.491 e. The molecule has 0 aliphatic rings. The van der Waals surface area contributed by atoms with Crippen molar-refractivity contribution in [3.8, 4) is 17.2 Å². The molecule has 0 atom stereocenters. The number of benzene rings is 2. The van der Waals surface area contributed by atoms with Crippen molar-refractivity contribution in [2.24, 2.45) is 0 Å². The van der Waals surface area contributed by atoms with E-state index in [1.54, 1.807) is 19.2 Å². The Labute approximate surface area is 142 Å². The van der Waals surface area contributed by atoms with Crippen LogP contribution in [0.5, 0.6) is 17.2 Å². The van der Waals surface area contributed by atoms with Gasteiger partial charge >= 0.3 is 5.97 Å². The Hall–Kier alpha value is -2.53. The molecule has 2 aromatic carbocycles. The summed E-state index contributed by atoms with van der Waals surface area (Å²) in [6.45, 7) is 4.53. The van der Waals surface area contributed by atoms with Crippen LogP contribution in [0.1, 0.15) is 18.1 Å². The van der Waals surface area contributed by atoms with Gasteiger partial charge in [0.15, 0.2) is 11.5 Å². The van der Waals surface area contributed by atoms with E-state index in [0.29, 0.717) is 37.1 Å². The van der Waals surface area contributed by atoms with Crippen molar-refractivity contribution in [2.45, 2.75) is 20.5 Å². The van der Waals surface area contributed by atoms with Crippen LogP contribution in [0.3, 0.4) is 0 Å². The first-order valence-electron chi connectivity index (χ1n) is 7.72. The number of hydrogen-bond donors (Lipinski definition) is 0. The van der Waals surface area contributed by atoms with Crippen molar-refractivity contribution >= 4 is 5.97 Å². The first-order chi connectivity index (χ1) is 11.6. The van der Waals surface area contributed by atoms with Gasteiger partial charge in [-0.2, -0.15) is 0 Å². The summed E-state index contributed by atoms with van der Waals surface area (Å²) in [4.78, 5) is 11.3. The Balaban J connectivity index is 2.22. The molecule has 5 heteroatoms. The van der Waals surface area contributed by atoms with E-state index in [-0.39, 0.29) is 0 Å². The van der Waals surface area contributed by atoms with Gasteiger partial charge < -0.3 is 18.9 Å². The predicted octanol–water partition coefficient (Wildman–Crippen LogP) is 3.52. The first kappa shape index (κ1) is 17.8. The highest BCUT2D eigenvalue weighted by atomic mass is 16.6. The monoisotopic (exact) mass is 330 g/mol. The summed E-state index contributed by atoms with van der Waals surface area (Å²) in [7, 11) is 1.62. The van der Waals surface area contributed by atoms with E-state index in [0.717, 1.165) is 11.1 Å². The second kappa shape index (κ2) is 8.93. The van der Waals surface area contributed by atoms with Gasteiger partial charge in [-0.15, -0.1) is 0 Å². The molecule has 0 saturated heterocycles. The van der Waals surface area contributed by atoms with Crippen LogP contribution in [0.2, 0.25) is 0 Å². The smallest absolute Gasteiger partial charge is 0.308 e. The molecule has 2 rings (SSSR count). The first-order valence-corrected chi connectivity index (χ1v) is 7.72. The van der Waals surface area contributed by atoms with E-state index >= 15 is 0 Å². The number of hydrogen-bond acceptors (Lipinski definition) is 5. The lowest BCUT2D eigenvalue weighted by atomic mass is 10.1. The predicted molar refractivity (Wildman–Crippen MR) is 90.6 cm³/mol. The van der Waals surface area contributed by atoms with Crippen LogP contribution in [-0.2, 0) is 16.1 Å². The van der Waals surface area contributed by atoms with Crippen molar-refractivity contribution in [2.75, 3.05) is 20.3 Å². The molecule has 0 aromatic heterocycles. The molecule has 128 valence electrons. The molecule has 0 heterocycles. The average molecular weight is 330 g/mol. The Morgan fingerprint density at radius 2 is 1.67 bits per heavy atom. The van der Waals surface area contributed by atoms with Crippen LogP contribution in [0.4, 0.5) is 0 Å². The third-order valence-electron chi connectivity index (χ3n) is 3.34. The van der Waals surface area contributed by atoms with E-state index in [9.17, 15) is 4.79 Å². The molecule has 0 aliphatic heterocycles. The molecule has 0 aliphatic carbocycles. The Bertz CT molecular complexity index is 667. The molecule has 0 amide bonds. The fraction of sp³-hybridized carbons (Fsp3) is 0.316. The highest BCUT2D eigenvalue weighted by molar-refractivity contribution is 5.71. The van der Waals surface area contributed by atoms with Crippen LogP contribution in [0, 0.1) is 6.92 Å². The van der Waals surface area contributed by atoms with Gasteiger partial charge in [0.1, 0.15) is 19.0 Å². The molecule has 0 unspecified atom stereocenters. The fourth-order valence-corrected chi connectivity index (χ4v) is 2.18. The van der Waals surface area contributed by atoms with Crippen molar-refractivity contribution in [1.29, 1.82) is 0 Å². The second-order valence-electron chi connectivity index (χ2n) is 5.23. The normalized spacial score (nSPS) is 10.3. The van der Waals surface area contributed by atoms with Gasteiger partial charge in [-0.05, 0) is 24.6 Å². The van der Waals surface area contributed by atoms with Crippen LogP contribution in [0.15, 0.2) is 42.5 Å². The van der Waals surface area contributed by atoms with Crippen molar-refractivity contribution in [1.82, 2.24) is 0 Å². The SMILES string of the molecule is COCCOc1ccc(OC(C)=O)c(OCc2ccccc2)c1C. The lowest BCUT2D eigenvalue weighted by Crippen LogP contribution is -2.08. The zero-order valence-corrected chi connectivity index (χ0v) is 14.2. The summed E-state index contributed by atoms with van der Waals surface area (Å²) >= 11 is 0. The lowest BCUT2D eigenvalue weighted by Gasteiger charge is -2.17. The van der Waals surface area contributed by atoms with E-state index in [1.807, 2.05) is 37.3 Å². The maximum absolute atomic E-state index is 11.3. The van der Waals surface area contributed by atoms with E-state index in [1.165, 1.54) is 6.92 Å². The average Bonchev–Trinajstić information content (AvgIpc) is 2.57. The minimum atomic E-state index is -0.396. The summed E-state index contributed by atoms with van der Waals surface area (Å²) in [6, 6.07) is 13.2. The molecule has 0 spiro atoms. The van der Waals surface area contributed by atoms with Crippen LogP contribution in [-0.4, -0.2) is 26.3 Å². The third kappa shape index (κ3) is 4.99. The van der Waals surface area contributed by atoms with Crippen molar-refractivity contribution < 1.29 is 23.7 Å². The maximum atomic E-state index is 11.3. The number of carbonyl (C=O) groups is 1. The molecule has 0 saturated carbocycles. The summed E-state index contributed by atoms with van der Waals surface area (Å²) in [5.41, 5.74) is 1.80. The molecular formula is C19H22O5. The fourth-order valence-electron chi connectivity index (χ4n) is 2.18. The Morgan fingerprint density at radius 1 is 0.958 bits per heavy atom. The minimum Gasteiger partial charge on any atom is -0.491 e. The second-order valence-corrected chi connectivity index (χ2v) is 5.23.